The first-order valence-electron chi connectivity index (χ1n) is 11.3. The first-order valence-corrected chi connectivity index (χ1v) is 11.7. The van der Waals surface area contributed by atoms with Crippen LogP contribution in [0.3, 0.4) is 0 Å². The minimum Gasteiger partial charge on any atom is -0.484 e. The summed E-state index contributed by atoms with van der Waals surface area (Å²) in [5, 5.41) is 6.96. The summed E-state index contributed by atoms with van der Waals surface area (Å²) < 4.78 is 7.63. The SMILES string of the molecule is Cn1cccc1[C@H]1[C@@H](c2ccccn2)NC(=S)N1c1ccc(NC(=O)COc2ccccc2)cc1. The zero-order chi connectivity index (χ0) is 24.2. The fourth-order valence-electron chi connectivity index (χ4n) is 4.28. The molecule has 0 bridgehead atoms. The number of rotatable bonds is 7. The molecule has 35 heavy (non-hydrogen) atoms. The predicted octanol–water partition coefficient (Wildman–Crippen LogP) is 4.61. The third kappa shape index (κ3) is 4.88. The van der Waals surface area contributed by atoms with E-state index in [-0.39, 0.29) is 24.6 Å². The van der Waals surface area contributed by atoms with Crippen LogP contribution in [0.25, 0.3) is 0 Å². The molecule has 0 saturated carbocycles. The normalized spacial score (nSPS) is 17.2. The maximum atomic E-state index is 12.3. The Kier molecular flexibility index (Phi) is 6.45. The fourth-order valence-corrected chi connectivity index (χ4v) is 4.63. The molecule has 2 aromatic heterocycles. The number of nitrogens with zero attached hydrogens (tertiary/aromatic N) is 3. The lowest BCUT2D eigenvalue weighted by molar-refractivity contribution is -0.118. The van der Waals surface area contributed by atoms with Crippen LogP contribution in [0.5, 0.6) is 5.75 Å². The highest BCUT2D eigenvalue weighted by Crippen LogP contribution is 2.41. The van der Waals surface area contributed by atoms with E-state index >= 15 is 0 Å². The van der Waals surface area contributed by atoms with Crippen LogP contribution in [0.15, 0.2) is 97.3 Å². The molecule has 7 nitrogen and oxygen atoms in total. The van der Waals surface area contributed by atoms with Crippen molar-refractivity contribution in [2.45, 2.75) is 12.1 Å². The summed E-state index contributed by atoms with van der Waals surface area (Å²) in [5.41, 5.74) is 3.64. The van der Waals surface area contributed by atoms with Crippen molar-refractivity contribution in [2.24, 2.45) is 7.05 Å². The number of anilines is 2. The number of para-hydroxylation sites is 1. The third-order valence-electron chi connectivity index (χ3n) is 5.93. The average molecular weight is 484 g/mol. The lowest BCUT2D eigenvalue weighted by atomic mass is 10.0. The molecule has 2 aromatic carbocycles. The smallest absolute Gasteiger partial charge is 0.262 e. The zero-order valence-electron chi connectivity index (χ0n) is 19.2. The fraction of sp³-hybridized carbons (Fsp3) is 0.148. The van der Waals surface area contributed by atoms with Gasteiger partial charge in [0.25, 0.3) is 5.91 Å². The molecule has 8 heteroatoms. The van der Waals surface area contributed by atoms with Crippen LogP contribution in [-0.2, 0) is 11.8 Å². The summed E-state index contributed by atoms with van der Waals surface area (Å²) in [5.74, 6) is 0.430. The van der Waals surface area contributed by atoms with E-state index < -0.39 is 0 Å². The number of carbonyl (C=O) groups excluding carboxylic acids is 1. The van der Waals surface area contributed by atoms with Gasteiger partial charge in [0.05, 0.1) is 11.7 Å². The highest BCUT2D eigenvalue weighted by molar-refractivity contribution is 7.80. The summed E-state index contributed by atoms with van der Waals surface area (Å²) in [6.07, 6.45) is 3.82. The van der Waals surface area contributed by atoms with Crippen LogP contribution < -0.4 is 20.3 Å². The lowest BCUT2D eigenvalue weighted by Crippen LogP contribution is -2.30. The predicted molar refractivity (Wildman–Crippen MR) is 140 cm³/mol. The van der Waals surface area contributed by atoms with E-state index in [2.05, 4.69) is 31.2 Å². The van der Waals surface area contributed by atoms with Gasteiger partial charge >= 0.3 is 0 Å². The van der Waals surface area contributed by atoms with E-state index in [0.29, 0.717) is 16.5 Å². The molecule has 176 valence electrons. The highest BCUT2D eigenvalue weighted by Gasteiger charge is 2.41. The van der Waals surface area contributed by atoms with Crippen LogP contribution in [0, 0.1) is 0 Å². The van der Waals surface area contributed by atoms with Gasteiger partial charge in [-0.2, -0.15) is 0 Å². The van der Waals surface area contributed by atoms with Crippen molar-refractivity contribution in [3.63, 3.8) is 0 Å². The van der Waals surface area contributed by atoms with E-state index in [0.717, 1.165) is 17.1 Å². The first-order chi connectivity index (χ1) is 17.1. The molecule has 5 rings (SSSR count). The van der Waals surface area contributed by atoms with Crippen molar-refractivity contribution in [1.29, 1.82) is 0 Å². The molecule has 4 aromatic rings. The molecule has 2 atom stereocenters. The molecule has 0 aliphatic carbocycles. The number of pyridine rings is 1. The standard InChI is InChI=1S/C27H25N5O2S/c1-31-17-7-11-23(31)26-25(22-10-5-6-16-28-22)30-27(35)32(26)20-14-12-19(13-15-20)29-24(33)18-34-21-8-3-2-4-9-21/h2-17,25-26H,18H2,1H3,(H,29,33)(H,30,35)/t25-,26+/m1/s1. The van der Waals surface area contributed by atoms with Gasteiger partial charge in [-0.1, -0.05) is 24.3 Å². The second kappa shape index (κ2) is 9.99. The van der Waals surface area contributed by atoms with Gasteiger partial charge < -0.3 is 24.8 Å². The van der Waals surface area contributed by atoms with Crippen molar-refractivity contribution >= 4 is 34.6 Å². The summed E-state index contributed by atoms with van der Waals surface area (Å²) in [4.78, 5) is 19.0. The number of carbonyl (C=O) groups is 1. The number of ether oxygens (including phenoxy) is 1. The van der Waals surface area contributed by atoms with Crippen LogP contribution in [0.4, 0.5) is 11.4 Å². The average Bonchev–Trinajstić information content (AvgIpc) is 3.46. The Labute approximate surface area is 209 Å². The minimum atomic E-state index is -0.225. The summed E-state index contributed by atoms with van der Waals surface area (Å²) in [7, 11) is 2.03. The van der Waals surface area contributed by atoms with Gasteiger partial charge in [0.1, 0.15) is 11.8 Å². The number of thiocarbonyl (C=S) groups is 1. The maximum Gasteiger partial charge on any atom is 0.262 e. The van der Waals surface area contributed by atoms with Gasteiger partial charge in [0.2, 0.25) is 0 Å². The number of aromatic nitrogens is 2. The van der Waals surface area contributed by atoms with Crippen molar-refractivity contribution in [1.82, 2.24) is 14.9 Å². The molecule has 1 saturated heterocycles. The van der Waals surface area contributed by atoms with Gasteiger partial charge in [-0.25, -0.2) is 0 Å². The van der Waals surface area contributed by atoms with Crippen LogP contribution in [-0.4, -0.2) is 27.2 Å². The molecule has 2 N–H and O–H groups in total. The van der Waals surface area contributed by atoms with Gasteiger partial charge in [0.15, 0.2) is 11.7 Å². The Morgan fingerprint density at radius 1 is 1.03 bits per heavy atom. The van der Waals surface area contributed by atoms with E-state index in [4.69, 9.17) is 17.0 Å². The topological polar surface area (TPSA) is 71.4 Å². The third-order valence-corrected chi connectivity index (χ3v) is 6.24. The highest BCUT2D eigenvalue weighted by atomic mass is 32.1. The number of hydrogen-bond donors (Lipinski definition) is 2. The van der Waals surface area contributed by atoms with Crippen LogP contribution >= 0.6 is 12.2 Å². The van der Waals surface area contributed by atoms with Gasteiger partial charge in [-0.15, -0.1) is 0 Å². The number of benzene rings is 2. The van der Waals surface area contributed by atoms with Gasteiger partial charge in [-0.05, 0) is 72.9 Å². The Bertz CT molecular complexity index is 1310. The monoisotopic (exact) mass is 483 g/mol. The van der Waals surface area contributed by atoms with E-state index in [9.17, 15) is 4.79 Å². The molecule has 0 radical (unpaired) electrons. The van der Waals surface area contributed by atoms with Crippen LogP contribution in [0.1, 0.15) is 23.5 Å². The van der Waals surface area contributed by atoms with Crippen LogP contribution in [0.2, 0.25) is 0 Å². The first kappa shape index (κ1) is 22.6. The van der Waals surface area contributed by atoms with E-state index in [1.54, 1.807) is 6.20 Å². The second-order valence-electron chi connectivity index (χ2n) is 8.24. The molecule has 1 amide bonds. The van der Waals surface area contributed by atoms with Gasteiger partial charge in [-0.3, -0.25) is 9.78 Å². The quantitative estimate of drug-likeness (QED) is 0.374. The molecule has 1 aliphatic heterocycles. The maximum absolute atomic E-state index is 12.3. The summed E-state index contributed by atoms with van der Waals surface area (Å²) in [6, 6.07) is 26.8. The molecule has 1 fully saturated rings. The molecular weight excluding hydrogens is 458 g/mol. The van der Waals surface area contributed by atoms with Gasteiger partial charge in [0, 0.05) is 36.5 Å². The van der Waals surface area contributed by atoms with Crippen molar-refractivity contribution in [3.05, 3.63) is 109 Å². The summed E-state index contributed by atoms with van der Waals surface area (Å²) >= 11 is 5.77. The van der Waals surface area contributed by atoms with E-state index in [1.807, 2.05) is 92.1 Å². The number of amides is 1. The summed E-state index contributed by atoms with van der Waals surface area (Å²) in [6.45, 7) is -0.0623. The van der Waals surface area contributed by atoms with E-state index in [1.165, 1.54) is 0 Å². The van der Waals surface area contributed by atoms with Crippen molar-refractivity contribution < 1.29 is 9.53 Å². The van der Waals surface area contributed by atoms with Crippen molar-refractivity contribution in [2.75, 3.05) is 16.8 Å². The van der Waals surface area contributed by atoms with Crippen molar-refractivity contribution in [3.8, 4) is 5.75 Å². The molecule has 0 spiro atoms. The second-order valence-corrected chi connectivity index (χ2v) is 8.62. The molecule has 3 heterocycles. The Morgan fingerprint density at radius 2 is 1.80 bits per heavy atom. The number of nitrogens with one attached hydrogen (secondary N) is 2. The Hall–Kier alpha value is -4.17. The number of aryl methyl sites for hydroxylation is 1. The molecule has 1 aliphatic rings. The molecular formula is C27H25N5O2S. The Morgan fingerprint density at radius 3 is 2.49 bits per heavy atom. The lowest BCUT2D eigenvalue weighted by Gasteiger charge is -2.28. The zero-order valence-corrected chi connectivity index (χ0v) is 20.0. The largest absolute Gasteiger partial charge is 0.484 e. The number of hydrogen-bond acceptors (Lipinski definition) is 4. The minimum absolute atomic E-state index is 0.0623. The molecule has 0 unspecified atom stereocenters. The Balaban J connectivity index is 1.35.